The van der Waals surface area contributed by atoms with Crippen LogP contribution in [0.15, 0.2) is 29.3 Å². The summed E-state index contributed by atoms with van der Waals surface area (Å²) >= 11 is 3.41. The average molecular weight is 330 g/mol. The molecule has 0 heterocycles. The Labute approximate surface area is 120 Å². The number of hydrogen-bond donors (Lipinski definition) is 2. The summed E-state index contributed by atoms with van der Waals surface area (Å²) in [7, 11) is 1.55. The van der Waals surface area contributed by atoms with Crippen molar-refractivity contribution in [1.29, 1.82) is 0 Å². The molecule has 0 aliphatic rings. The predicted octanol–water partition coefficient (Wildman–Crippen LogP) is 2.20. The lowest BCUT2D eigenvalue weighted by atomic mass is 10.2. The number of methoxy groups -OCH3 is 1. The summed E-state index contributed by atoms with van der Waals surface area (Å²) < 4.78 is 11.5. The Morgan fingerprint density at radius 2 is 2.32 bits per heavy atom. The van der Waals surface area contributed by atoms with Crippen LogP contribution in [0, 0.1) is 0 Å². The fourth-order valence-electron chi connectivity index (χ4n) is 1.47. The third kappa shape index (κ3) is 4.92. The van der Waals surface area contributed by atoms with Gasteiger partial charge in [0.15, 0.2) is 11.5 Å². The Balaban J connectivity index is 2.82. The van der Waals surface area contributed by atoms with Gasteiger partial charge in [0.05, 0.1) is 18.1 Å². The van der Waals surface area contributed by atoms with E-state index in [2.05, 4.69) is 27.8 Å². The lowest BCUT2D eigenvalue weighted by Gasteiger charge is -2.13. The minimum atomic E-state index is -0.892. The van der Waals surface area contributed by atoms with Crippen LogP contribution in [0.2, 0.25) is 0 Å². The Kier molecular flexibility index (Phi) is 6.38. The van der Waals surface area contributed by atoms with E-state index < -0.39 is 5.97 Å². The van der Waals surface area contributed by atoms with Gasteiger partial charge in [-0.3, -0.25) is 4.79 Å². The number of benzene rings is 1. The molecular weight excluding hydrogens is 314 g/mol. The van der Waals surface area contributed by atoms with Crippen LogP contribution in [0.4, 0.5) is 0 Å². The fourth-order valence-corrected chi connectivity index (χ4v) is 2.08. The number of carboxylic acids is 1. The van der Waals surface area contributed by atoms with E-state index in [1.807, 2.05) is 6.07 Å². The number of carbonyl (C=O) groups is 1. The second kappa shape index (κ2) is 7.81. The maximum atomic E-state index is 10.4. The van der Waals surface area contributed by atoms with Gasteiger partial charge in [-0.15, -0.1) is 0 Å². The van der Waals surface area contributed by atoms with Crippen molar-refractivity contribution in [3.05, 3.63) is 34.8 Å². The van der Waals surface area contributed by atoms with Crippen LogP contribution in [0.1, 0.15) is 5.56 Å². The highest BCUT2D eigenvalue weighted by molar-refractivity contribution is 9.10. The summed E-state index contributed by atoms with van der Waals surface area (Å²) in [6.45, 7) is 4.31. The van der Waals surface area contributed by atoms with Crippen molar-refractivity contribution in [2.75, 3.05) is 20.3 Å². The first-order chi connectivity index (χ1) is 9.08. The fraction of sp³-hybridized carbons (Fsp3) is 0.308. The highest BCUT2D eigenvalue weighted by Crippen LogP contribution is 2.36. The van der Waals surface area contributed by atoms with E-state index in [-0.39, 0.29) is 6.54 Å². The molecule has 6 heteroatoms. The topological polar surface area (TPSA) is 67.8 Å². The first kappa shape index (κ1) is 15.5. The Bertz CT molecular complexity index is 462. The molecule has 19 heavy (non-hydrogen) atoms. The van der Waals surface area contributed by atoms with Crippen LogP contribution < -0.4 is 14.8 Å². The van der Waals surface area contributed by atoms with Gasteiger partial charge in [0.2, 0.25) is 0 Å². The minimum absolute atomic E-state index is 0.0886. The van der Waals surface area contributed by atoms with Crippen molar-refractivity contribution in [3.63, 3.8) is 0 Å². The molecule has 0 saturated carbocycles. The molecule has 0 saturated heterocycles. The number of aliphatic carboxylic acids is 1. The molecule has 0 fully saturated rings. The van der Waals surface area contributed by atoms with E-state index in [1.165, 1.54) is 0 Å². The number of rotatable bonds is 8. The van der Waals surface area contributed by atoms with E-state index >= 15 is 0 Å². The van der Waals surface area contributed by atoms with Crippen LogP contribution in [-0.4, -0.2) is 31.3 Å². The quantitative estimate of drug-likeness (QED) is 0.715. The zero-order valence-corrected chi connectivity index (χ0v) is 12.2. The number of ether oxygens (including phenoxy) is 2. The lowest BCUT2D eigenvalue weighted by molar-refractivity contribution is -0.135. The van der Waals surface area contributed by atoms with E-state index in [0.29, 0.717) is 24.7 Å². The van der Waals surface area contributed by atoms with Crippen molar-refractivity contribution in [2.24, 2.45) is 0 Å². The zero-order valence-electron chi connectivity index (χ0n) is 10.6. The Morgan fingerprint density at radius 3 is 2.89 bits per heavy atom. The molecule has 2 N–H and O–H groups in total. The van der Waals surface area contributed by atoms with E-state index in [0.717, 1.165) is 10.0 Å². The van der Waals surface area contributed by atoms with Gasteiger partial charge >= 0.3 is 5.97 Å². The second-order valence-electron chi connectivity index (χ2n) is 3.71. The third-order valence-corrected chi connectivity index (χ3v) is 2.83. The van der Waals surface area contributed by atoms with Gasteiger partial charge in [0, 0.05) is 6.54 Å². The maximum absolute atomic E-state index is 10.4. The smallest absolute Gasteiger partial charge is 0.317 e. The summed E-state index contributed by atoms with van der Waals surface area (Å²) in [5, 5.41) is 11.4. The van der Waals surface area contributed by atoms with Gasteiger partial charge < -0.3 is 19.9 Å². The summed E-state index contributed by atoms with van der Waals surface area (Å²) in [5.41, 5.74) is 0.899. The van der Waals surface area contributed by atoms with E-state index in [1.54, 1.807) is 19.3 Å². The van der Waals surface area contributed by atoms with Crippen LogP contribution in [0.5, 0.6) is 11.5 Å². The van der Waals surface area contributed by atoms with Gasteiger partial charge in [0.1, 0.15) is 6.61 Å². The molecule has 0 aromatic heterocycles. The molecule has 1 aromatic carbocycles. The molecule has 1 rings (SSSR count). The molecule has 104 valence electrons. The SMILES string of the molecule is C=CCOc1c(Br)cc(CNCC(=O)O)cc1OC. The largest absolute Gasteiger partial charge is 0.493 e. The standard InChI is InChI=1S/C13H16BrNO4/c1-3-4-19-13-10(14)5-9(6-11(13)18-2)7-15-8-12(16)17/h3,5-6,15H,1,4,7-8H2,2H3,(H,16,17). The molecule has 0 spiro atoms. The average Bonchev–Trinajstić information content (AvgIpc) is 2.36. The molecule has 0 atom stereocenters. The van der Waals surface area contributed by atoms with Crippen LogP contribution in [0.25, 0.3) is 0 Å². The number of nitrogens with one attached hydrogen (secondary N) is 1. The van der Waals surface area contributed by atoms with Crippen molar-refractivity contribution >= 4 is 21.9 Å². The molecule has 0 aliphatic heterocycles. The number of hydrogen-bond acceptors (Lipinski definition) is 4. The van der Waals surface area contributed by atoms with Crippen LogP contribution in [0.3, 0.4) is 0 Å². The third-order valence-electron chi connectivity index (χ3n) is 2.24. The summed E-state index contributed by atoms with van der Waals surface area (Å²) in [6, 6.07) is 3.66. The highest BCUT2D eigenvalue weighted by atomic mass is 79.9. The lowest BCUT2D eigenvalue weighted by Crippen LogP contribution is -2.21. The second-order valence-corrected chi connectivity index (χ2v) is 4.56. The molecular formula is C13H16BrNO4. The summed E-state index contributed by atoms with van der Waals surface area (Å²) in [6.07, 6.45) is 1.65. The van der Waals surface area contributed by atoms with Crippen molar-refractivity contribution in [3.8, 4) is 11.5 Å². The minimum Gasteiger partial charge on any atom is -0.493 e. The maximum Gasteiger partial charge on any atom is 0.317 e. The monoisotopic (exact) mass is 329 g/mol. The van der Waals surface area contributed by atoms with Crippen molar-refractivity contribution < 1.29 is 19.4 Å². The van der Waals surface area contributed by atoms with E-state index in [9.17, 15) is 4.79 Å². The molecule has 0 unspecified atom stereocenters. The van der Waals surface area contributed by atoms with Gasteiger partial charge in [-0.1, -0.05) is 12.7 Å². The van der Waals surface area contributed by atoms with Crippen LogP contribution in [-0.2, 0) is 11.3 Å². The normalized spacial score (nSPS) is 10.0. The van der Waals surface area contributed by atoms with Crippen LogP contribution >= 0.6 is 15.9 Å². The highest BCUT2D eigenvalue weighted by Gasteiger charge is 2.11. The molecule has 0 amide bonds. The molecule has 0 aliphatic carbocycles. The van der Waals surface area contributed by atoms with Crippen molar-refractivity contribution in [2.45, 2.75) is 6.54 Å². The summed E-state index contributed by atoms with van der Waals surface area (Å²) in [5.74, 6) is 0.296. The van der Waals surface area contributed by atoms with Crippen molar-refractivity contribution in [1.82, 2.24) is 5.32 Å². The predicted molar refractivity (Wildman–Crippen MR) is 75.7 cm³/mol. The van der Waals surface area contributed by atoms with Gasteiger partial charge in [-0.25, -0.2) is 0 Å². The number of halogens is 1. The number of carboxylic acid groups (broad SMARTS) is 1. The van der Waals surface area contributed by atoms with Gasteiger partial charge in [-0.2, -0.15) is 0 Å². The van der Waals surface area contributed by atoms with E-state index in [4.69, 9.17) is 14.6 Å². The molecule has 0 radical (unpaired) electrons. The Hall–Kier alpha value is -1.53. The first-order valence-corrected chi connectivity index (χ1v) is 6.40. The van der Waals surface area contributed by atoms with Gasteiger partial charge in [-0.05, 0) is 33.6 Å². The molecule has 0 bridgehead atoms. The molecule has 5 nitrogen and oxygen atoms in total. The molecule has 1 aromatic rings. The zero-order chi connectivity index (χ0) is 14.3. The summed E-state index contributed by atoms with van der Waals surface area (Å²) in [4.78, 5) is 10.4. The van der Waals surface area contributed by atoms with Gasteiger partial charge in [0.25, 0.3) is 0 Å². The Morgan fingerprint density at radius 1 is 1.58 bits per heavy atom. The first-order valence-electron chi connectivity index (χ1n) is 5.61.